The molecule has 0 aromatic carbocycles. The molecule has 0 fully saturated rings. The topological polar surface area (TPSA) is 253 Å². The third kappa shape index (κ3) is 1620. The summed E-state index contributed by atoms with van der Waals surface area (Å²) in [5, 5.41) is 0. The maximum atomic E-state index is 8.52. The van der Waals surface area contributed by atoms with Gasteiger partial charge in [0.15, 0.2) is 0 Å². The molecule has 0 aliphatic rings. The molecule has 0 amide bonds. The summed E-state index contributed by atoms with van der Waals surface area (Å²) in [6.45, 7) is 0. The molecule has 0 radical (unpaired) electrons. The molecule has 0 aliphatic carbocycles. The maximum absolute atomic E-state index is 8.52. The first-order valence-corrected chi connectivity index (χ1v) is 7.35. The van der Waals surface area contributed by atoms with E-state index in [2.05, 4.69) is 0 Å². The minimum absolute atomic E-state index is 0. The van der Waals surface area contributed by atoms with Gasteiger partial charge in [0.05, 0.1) is 0 Å². The van der Waals surface area contributed by atoms with Gasteiger partial charge in [0.2, 0.25) is 0 Å². The van der Waals surface area contributed by atoms with E-state index >= 15 is 0 Å². The molecular formula is CaF4KLiO12Si4TiZr. The Morgan fingerprint density at radius 2 is 0.480 bits per heavy atom. The summed E-state index contributed by atoms with van der Waals surface area (Å²) in [4.78, 5) is 68.1. The van der Waals surface area contributed by atoms with Crippen molar-refractivity contribution in [3.05, 3.63) is 0 Å². The van der Waals surface area contributed by atoms with Gasteiger partial charge in [-0.25, -0.2) is 0 Å². The number of halogens is 4. The third-order valence-corrected chi connectivity index (χ3v) is 0. The second-order valence-electron chi connectivity index (χ2n) is 1.00. The van der Waals surface area contributed by atoms with Crippen molar-refractivity contribution < 1.29 is 193 Å². The van der Waals surface area contributed by atoms with Crippen LogP contribution < -0.4 is 127 Å². The molecule has 0 atom stereocenters. The van der Waals surface area contributed by atoms with Crippen molar-refractivity contribution in [2.24, 2.45) is 0 Å². The third-order valence-electron chi connectivity index (χ3n) is 0. The Balaban J connectivity index is -0.00000000623. The Kier molecular flexibility index (Phi) is 291. The molecule has 0 rings (SSSR count). The second kappa shape index (κ2) is 80.7. The zero-order valence-electron chi connectivity index (χ0n) is 12.1. The molecule has 0 saturated carbocycles. The van der Waals surface area contributed by atoms with Crippen LogP contribution in [-0.4, -0.2) is 74.4 Å². The van der Waals surface area contributed by atoms with Crippen LogP contribution in [0.1, 0.15) is 0 Å². The van der Waals surface area contributed by atoms with Crippen LogP contribution in [0, 0.1) is 0 Å². The van der Waals surface area contributed by atoms with E-state index in [1.54, 1.807) is 0 Å². The number of hydrogen-bond donors (Lipinski definition) is 0. The van der Waals surface area contributed by atoms with Gasteiger partial charge in [-0.3, -0.25) is 0 Å². The monoisotopic (exact) mass is 604 g/mol. The first-order valence-electron chi connectivity index (χ1n) is 2.45. The molecule has 0 heterocycles. The Hall–Kier alpha value is 3.28. The first-order chi connectivity index (χ1) is 6.93. The van der Waals surface area contributed by atoms with Crippen LogP contribution in [-0.2, 0) is 65.8 Å². The van der Waals surface area contributed by atoms with E-state index < -0.39 is 36.7 Å². The predicted octanol–water partition coefficient (Wildman–Crippen LogP) is -29.9. The molecule has 128 valence electrons. The van der Waals surface area contributed by atoms with Crippen LogP contribution in [0.15, 0.2) is 0 Å². The minimum Gasteiger partial charge on any atom is -1.00 e. The Morgan fingerprint density at radius 1 is 0.480 bits per heavy atom. The summed E-state index contributed by atoms with van der Waals surface area (Å²) in [6, 6.07) is 0. The van der Waals surface area contributed by atoms with Gasteiger partial charge in [0.1, 0.15) is 0 Å². The molecule has 0 bridgehead atoms. The average molecular weight is 606 g/mol. The van der Waals surface area contributed by atoms with E-state index in [1.165, 1.54) is 0 Å². The van der Waals surface area contributed by atoms with Gasteiger partial charge < -0.3 is 75.0 Å². The van der Waals surface area contributed by atoms with Gasteiger partial charge in [-0.2, -0.15) is 0 Å². The molecule has 0 unspecified atom stereocenters. The average Bonchev–Trinajstić information content (AvgIpc) is 1.76. The van der Waals surface area contributed by atoms with E-state index in [-0.39, 0.29) is 175 Å². The van der Waals surface area contributed by atoms with Crippen LogP contribution in [0.4, 0.5) is 0 Å². The molecule has 0 aromatic rings. The first kappa shape index (κ1) is 90.1. The van der Waals surface area contributed by atoms with Crippen LogP contribution in [0.25, 0.3) is 0 Å². The van der Waals surface area contributed by atoms with Crippen molar-refractivity contribution in [3.8, 4) is 0 Å². The smallest absolute Gasteiger partial charge is 1.00 e. The summed E-state index contributed by atoms with van der Waals surface area (Å²) in [5.41, 5.74) is 0. The quantitative estimate of drug-likeness (QED) is 0.184. The summed E-state index contributed by atoms with van der Waals surface area (Å²) < 4.78 is 34.1. The molecule has 0 aliphatic heterocycles. The molecule has 0 aromatic heterocycles. The molecule has 12 nitrogen and oxygen atoms in total. The SMILES string of the molecule is O=[Si]([O-])[O-].O=[Si]([O-])[O-].O=[Si]([O-])[O-].O=[Si]([O-])[O-].[Ca+2].[F-].[F-].[F-].[F-].[K+].[Li+].[Ti+4].[Zr+4]. The Labute approximate surface area is 262 Å². The zero-order chi connectivity index (χ0) is 14.3. The molecule has 25 heteroatoms. The van der Waals surface area contributed by atoms with Crippen molar-refractivity contribution in [3.63, 3.8) is 0 Å². The normalized spacial score (nSPS) is 3.84. The van der Waals surface area contributed by atoms with Crippen LogP contribution >= 0.6 is 0 Å². The molecule has 0 N–H and O–H groups in total. The molecule has 25 heavy (non-hydrogen) atoms. The summed E-state index contributed by atoms with van der Waals surface area (Å²) in [7, 11) is -14.5. The fraction of sp³-hybridized carbons (Fsp3) is 0. The van der Waals surface area contributed by atoms with E-state index in [0.29, 0.717) is 0 Å². The maximum Gasteiger partial charge on any atom is 4.00 e. The molecular weight excluding hydrogens is 606 g/mol. The van der Waals surface area contributed by atoms with E-state index in [4.69, 9.17) is 56.2 Å². The van der Waals surface area contributed by atoms with Crippen molar-refractivity contribution in [2.45, 2.75) is 0 Å². The summed E-state index contributed by atoms with van der Waals surface area (Å²) in [5.74, 6) is 0. The van der Waals surface area contributed by atoms with Gasteiger partial charge >= 0.3 is 156 Å². The minimum atomic E-state index is -3.63. The Morgan fingerprint density at radius 3 is 0.480 bits per heavy atom. The van der Waals surface area contributed by atoms with E-state index in [0.717, 1.165) is 0 Å². The van der Waals surface area contributed by atoms with E-state index in [9.17, 15) is 0 Å². The van der Waals surface area contributed by atoms with Crippen LogP contribution in [0.3, 0.4) is 0 Å². The fourth-order valence-electron chi connectivity index (χ4n) is 0. The van der Waals surface area contributed by atoms with Gasteiger partial charge in [0.25, 0.3) is 0 Å². The van der Waals surface area contributed by atoms with Gasteiger partial charge in [-0.05, 0) is 0 Å². The predicted molar refractivity (Wildman–Crippen MR) is 31.5 cm³/mol. The van der Waals surface area contributed by atoms with Crippen molar-refractivity contribution in [1.29, 1.82) is 0 Å². The van der Waals surface area contributed by atoms with Crippen LogP contribution in [0.2, 0.25) is 0 Å². The standard InChI is InChI=1S/Ca.4FH.K.Li.4O3Si.Ti.Zr/c;;;;;;;4*1-4(2)3;;/h;4*1H;;;;;;;;/q+2;;;;;2*+1;4*-2;2*+4/p-4. The van der Waals surface area contributed by atoms with Gasteiger partial charge in [-0.15, -0.1) is 0 Å². The Bertz CT molecular complexity index is 197. The van der Waals surface area contributed by atoms with Crippen molar-refractivity contribution >= 4 is 74.4 Å². The van der Waals surface area contributed by atoms with Gasteiger partial charge in [0, 0.05) is 36.7 Å². The van der Waals surface area contributed by atoms with Crippen molar-refractivity contribution in [2.75, 3.05) is 0 Å². The van der Waals surface area contributed by atoms with Crippen molar-refractivity contribution in [1.82, 2.24) is 0 Å². The largest absolute Gasteiger partial charge is 4.00 e. The summed E-state index contributed by atoms with van der Waals surface area (Å²) >= 11 is 0. The fourth-order valence-corrected chi connectivity index (χ4v) is 0. The zero-order valence-corrected chi connectivity index (χ0v) is 25.5. The number of hydrogen-bond acceptors (Lipinski definition) is 12. The summed E-state index contributed by atoms with van der Waals surface area (Å²) in [6.07, 6.45) is 0. The molecule has 0 saturated heterocycles. The second-order valence-corrected chi connectivity index (χ2v) is 3.00. The molecule has 0 spiro atoms. The van der Waals surface area contributed by atoms with E-state index in [1.807, 2.05) is 0 Å². The van der Waals surface area contributed by atoms with Crippen LogP contribution in [0.5, 0.6) is 0 Å². The number of rotatable bonds is 0. The van der Waals surface area contributed by atoms with Gasteiger partial charge in [-0.1, -0.05) is 0 Å².